The van der Waals surface area contributed by atoms with E-state index in [4.69, 9.17) is 0 Å². The van der Waals surface area contributed by atoms with Crippen molar-refractivity contribution in [1.82, 2.24) is 19.4 Å². The number of nitrogens with one attached hydrogen (secondary N) is 1. The number of aryl methyl sites for hydroxylation is 2. The van der Waals surface area contributed by atoms with Gasteiger partial charge in [-0.25, -0.2) is 12.7 Å². The van der Waals surface area contributed by atoms with Crippen molar-refractivity contribution < 1.29 is 13.2 Å². The van der Waals surface area contributed by atoms with Crippen LogP contribution in [-0.4, -0.2) is 54.3 Å². The zero-order valence-corrected chi connectivity index (χ0v) is 14.0. The van der Waals surface area contributed by atoms with Gasteiger partial charge in [-0.1, -0.05) is 0 Å². The molecule has 1 aromatic rings. The Morgan fingerprint density at radius 3 is 2.64 bits per heavy atom. The molecule has 1 saturated heterocycles. The molecule has 2 rings (SSSR count). The van der Waals surface area contributed by atoms with Gasteiger partial charge in [0.15, 0.2) is 0 Å². The molecule has 0 radical (unpaired) electrons. The third-order valence-corrected chi connectivity index (χ3v) is 5.22. The molecule has 1 aliphatic heterocycles. The monoisotopic (exact) mass is 328 g/mol. The maximum Gasteiger partial charge on any atom is 0.223 e. The maximum absolute atomic E-state index is 12.1. The van der Waals surface area contributed by atoms with Gasteiger partial charge < -0.3 is 5.32 Å². The van der Waals surface area contributed by atoms with Gasteiger partial charge in [0.2, 0.25) is 15.9 Å². The minimum absolute atomic E-state index is 0.0322. The number of amides is 1. The number of piperidine rings is 1. The Morgan fingerprint density at radius 2 is 2.09 bits per heavy atom. The van der Waals surface area contributed by atoms with Crippen LogP contribution in [0, 0.1) is 12.8 Å². The van der Waals surface area contributed by atoms with Crippen LogP contribution in [0.3, 0.4) is 0 Å². The largest absolute Gasteiger partial charge is 0.356 e. The van der Waals surface area contributed by atoms with E-state index in [1.165, 1.54) is 10.6 Å². The van der Waals surface area contributed by atoms with Crippen LogP contribution in [-0.2, 0) is 21.4 Å². The quantitative estimate of drug-likeness (QED) is 0.765. The van der Waals surface area contributed by atoms with Gasteiger partial charge in [-0.3, -0.25) is 9.48 Å². The highest BCUT2D eigenvalue weighted by Gasteiger charge is 2.28. The first-order valence-electron chi connectivity index (χ1n) is 7.58. The number of hydrogen-bond donors (Lipinski definition) is 1. The van der Waals surface area contributed by atoms with Gasteiger partial charge >= 0.3 is 0 Å². The van der Waals surface area contributed by atoms with Crippen LogP contribution in [0.2, 0.25) is 0 Å². The fraction of sp³-hybridized carbons (Fsp3) is 0.714. The molecule has 1 fully saturated rings. The summed E-state index contributed by atoms with van der Waals surface area (Å²) in [6, 6.07) is 0. The van der Waals surface area contributed by atoms with E-state index in [0.29, 0.717) is 32.5 Å². The molecule has 0 bridgehead atoms. The zero-order chi connectivity index (χ0) is 16.2. The summed E-state index contributed by atoms with van der Waals surface area (Å²) in [5, 5.41) is 7.13. The molecule has 1 N–H and O–H groups in total. The molecule has 8 heteroatoms. The summed E-state index contributed by atoms with van der Waals surface area (Å²) >= 11 is 0. The lowest BCUT2D eigenvalue weighted by Crippen LogP contribution is -2.42. The predicted octanol–water partition coefficient (Wildman–Crippen LogP) is 0.369. The highest BCUT2D eigenvalue weighted by Crippen LogP contribution is 2.19. The van der Waals surface area contributed by atoms with Crippen LogP contribution in [0.15, 0.2) is 12.4 Å². The highest BCUT2D eigenvalue weighted by molar-refractivity contribution is 7.88. The molecule has 0 unspecified atom stereocenters. The number of aromatic nitrogens is 2. The Bertz CT molecular complexity index is 603. The molecule has 22 heavy (non-hydrogen) atoms. The smallest absolute Gasteiger partial charge is 0.223 e. The molecule has 1 aliphatic rings. The average Bonchev–Trinajstić information content (AvgIpc) is 2.88. The van der Waals surface area contributed by atoms with Crippen LogP contribution in [0.4, 0.5) is 0 Å². The lowest BCUT2D eigenvalue weighted by molar-refractivity contribution is -0.126. The molecule has 0 saturated carbocycles. The summed E-state index contributed by atoms with van der Waals surface area (Å²) in [6.45, 7) is 4.26. The first kappa shape index (κ1) is 17.0. The summed E-state index contributed by atoms with van der Waals surface area (Å²) in [5.41, 5.74) is 1.13. The molecule has 2 heterocycles. The first-order chi connectivity index (χ1) is 10.4. The summed E-state index contributed by atoms with van der Waals surface area (Å²) in [5.74, 6) is -0.0465. The van der Waals surface area contributed by atoms with Crippen molar-refractivity contribution >= 4 is 15.9 Å². The molecular formula is C14H24N4O3S. The van der Waals surface area contributed by atoms with Crippen molar-refractivity contribution in [3.63, 3.8) is 0 Å². The standard InChI is InChI=1S/C14H24N4O3S/c1-12-10-16-17(11-12)7-3-6-15-14(19)13-4-8-18(9-5-13)22(2,20)21/h10-11,13H,3-9H2,1-2H3,(H,15,19). The second kappa shape index (κ2) is 7.23. The fourth-order valence-electron chi connectivity index (χ4n) is 2.64. The van der Waals surface area contributed by atoms with Gasteiger partial charge in [0.1, 0.15) is 0 Å². The van der Waals surface area contributed by atoms with E-state index < -0.39 is 10.0 Å². The highest BCUT2D eigenvalue weighted by atomic mass is 32.2. The van der Waals surface area contributed by atoms with E-state index in [1.54, 1.807) is 0 Å². The van der Waals surface area contributed by atoms with Crippen molar-refractivity contribution in [3.05, 3.63) is 18.0 Å². The van der Waals surface area contributed by atoms with Crippen molar-refractivity contribution in [2.24, 2.45) is 5.92 Å². The Hall–Kier alpha value is -1.41. The molecule has 124 valence electrons. The number of sulfonamides is 1. The Labute approximate surface area is 131 Å². The predicted molar refractivity (Wildman–Crippen MR) is 83.7 cm³/mol. The second-order valence-electron chi connectivity index (χ2n) is 5.86. The van der Waals surface area contributed by atoms with E-state index in [1.807, 2.05) is 24.0 Å². The molecule has 0 aliphatic carbocycles. The Balaban J connectivity index is 1.66. The summed E-state index contributed by atoms with van der Waals surface area (Å²) in [4.78, 5) is 12.1. The topological polar surface area (TPSA) is 84.3 Å². The molecule has 1 amide bonds. The summed E-state index contributed by atoms with van der Waals surface area (Å²) in [6.07, 6.45) is 7.02. The third kappa shape index (κ3) is 4.81. The van der Waals surface area contributed by atoms with Gasteiger partial charge in [0, 0.05) is 38.3 Å². The van der Waals surface area contributed by atoms with Gasteiger partial charge in [0.05, 0.1) is 12.5 Å². The first-order valence-corrected chi connectivity index (χ1v) is 9.43. The van der Waals surface area contributed by atoms with E-state index in [2.05, 4.69) is 10.4 Å². The van der Waals surface area contributed by atoms with E-state index in [9.17, 15) is 13.2 Å². The molecule has 0 atom stereocenters. The second-order valence-corrected chi connectivity index (χ2v) is 7.84. The number of rotatable bonds is 6. The van der Waals surface area contributed by atoms with E-state index in [-0.39, 0.29) is 11.8 Å². The number of hydrogen-bond acceptors (Lipinski definition) is 4. The normalized spacial score (nSPS) is 17.5. The van der Waals surface area contributed by atoms with Gasteiger partial charge in [-0.2, -0.15) is 5.10 Å². The Morgan fingerprint density at radius 1 is 1.41 bits per heavy atom. The SMILES string of the molecule is Cc1cnn(CCCNC(=O)C2CCN(S(C)(=O)=O)CC2)c1. The van der Waals surface area contributed by atoms with Crippen LogP contribution < -0.4 is 5.32 Å². The van der Waals surface area contributed by atoms with Crippen LogP contribution in [0.5, 0.6) is 0 Å². The molecule has 0 aromatic carbocycles. The zero-order valence-electron chi connectivity index (χ0n) is 13.2. The van der Waals surface area contributed by atoms with E-state index >= 15 is 0 Å². The van der Waals surface area contributed by atoms with Gasteiger partial charge in [-0.15, -0.1) is 0 Å². The minimum atomic E-state index is -3.13. The van der Waals surface area contributed by atoms with Crippen molar-refractivity contribution in [3.8, 4) is 0 Å². The maximum atomic E-state index is 12.1. The van der Waals surface area contributed by atoms with Crippen LogP contribution in [0.1, 0.15) is 24.8 Å². The van der Waals surface area contributed by atoms with E-state index in [0.717, 1.165) is 18.5 Å². The van der Waals surface area contributed by atoms with Gasteiger partial charge in [0.25, 0.3) is 0 Å². The lowest BCUT2D eigenvalue weighted by atomic mass is 9.97. The third-order valence-electron chi connectivity index (χ3n) is 3.92. The van der Waals surface area contributed by atoms with Crippen molar-refractivity contribution in [2.45, 2.75) is 32.7 Å². The van der Waals surface area contributed by atoms with Gasteiger partial charge in [-0.05, 0) is 31.7 Å². The number of carbonyl (C=O) groups excluding carboxylic acids is 1. The lowest BCUT2D eigenvalue weighted by Gasteiger charge is -2.29. The molecule has 0 spiro atoms. The molecule has 1 aromatic heterocycles. The number of carbonyl (C=O) groups is 1. The van der Waals surface area contributed by atoms with Crippen molar-refractivity contribution in [2.75, 3.05) is 25.9 Å². The summed E-state index contributed by atoms with van der Waals surface area (Å²) in [7, 11) is -3.13. The van der Waals surface area contributed by atoms with Crippen LogP contribution in [0.25, 0.3) is 0 Å². The average molecular weight is 328 g/mol. The summed E-state index contributed by atoms with van der Waals surface area (Å²) < 4.78 is 26.2. The minimum Gasteiger partial charge on any atom is -0.356 e. The van der Waals surface area contributed by atoms with Crippen molar-refractivity contribution in [1.29, 1.82) is 0 Å². The Kier molecular flexibility index (Phi) is 5.57. The molecular weight excluding hydrogens is 304 g/mol. The van der Waals surface area contributed by atoms with Crippen LogP contribution >= 0.6 is 0 Å². The fourth-order valence-corrected chi connectivity index (χ4v) is 3.51. The number of nitrogens with zero attached hydrogens (tertiary/aromatic N) is 3. The molecule has 7 nitrogen and oxygen atoms in total.